The van der Waals surface area contributed by atoms with E-state index in [-0.39, 0.29) is 22.5 Å². The maximum atomic E-state index is 12.7. The lowest BCUT2D eigenvalue weighted by atomic mass is 9.74. The minimum absolute atomic E-state index is 0.217. The van der Waals surface area contributed by atoms with Gasteiger partial charge in [-0.1, -0.05) is 77.1 Å². The van der Waals surface area contributed by atoms with E-state index in [0.717, 1.165) is 11.1 Å². The molecule has 1 aromatic rings. The fourth-order valence-electron chi connectivity index (χ4n) is 3.33. The Morgan fingerprint density at radius 2 is 1.46 bits per heavy atom. The van der Waals surface area contributed by atoms with Crippen LogP contribution in [-0.4, -0.2) is 25.2 Å². The molecule has 28 heavy (non-hydrogen) atoms. The summed E-state index contributed by atoms with van der Waals surface area (Å²) in [6, 6.07) is 7.85. The number of ether oxygens (including phenoxy) is 2. The highest BCUT2D eigenvalue weighted by molar-refractivity contribution is 5.92. The number of rotatable bonds is 5. The first-order valence-electron chi connectivity index (χ1n) is 9.57. The predicted molar refractivity (Wildman–Crippen MR) is 112 cm³/mol. The number of hydrogen-bond acceptors (Lipinski definition) is 4. The van der Waals surface area contributed by atoms with Gasteiger partial charge in [0.15, 0.2) is 0 Å². The summed E-state index contributed by atoms with van der Waals surface area (Å²) >= 11 is 0. The van der Waals surface area contributed by atoms with Crippen molar-refractivity contribution in [2.45, 2.75) is 67.9 Å². The van der Waals surface area contributed by atoms with E-state index in [2.05, 4.69) is 5.73 Å². The Labute approximate surface area is 169 Å². The molecule has 0 heterocycles. The van der Waals surface area contributed by atoms with E-state index < -0.39 is 11.9 Å². The lowest BCUT2D eigenvalue weighted by Gasteiger charge is -2.39. The van der Waals surface area contributed by atoms with Gasteiger partial charge in [0, 0.05) is 6.42 Å². The molecule has 0 saturated carbocycles. The molecule has 0 bridgehead atoms. The number of esters is 2. The molecule has 0 fully saturated rings. The van der Waals surface area contributed by atoms with E-state index in [1.54, 1.807) is 6.92 Å². The van der Waals surface area contributed by atoms with E-state index in [9.17, 15) is 9.59 Å². The fraction of sp³-hybridized carbons (Fsp3) is 0.542. The van der Waals surface area contributed by atoms with Gasteiger partial charge >= 0.3 is 11.9 Å². The van der Waals surface area contributed by atoms with Crippen molar-refractivity contribution in [1.82, 2.24) is 0 Å². The van der Waals surface area contributed by atoms with Gasteiger partial charge in [-0.3, -0.25) is 0 Å². The predicted octanol–water partition coefficient (Wildman–Crippen LogP) is 5.19. The Morgan fingerprint density at radius 1 is 0.964 bits per heavy atom. The second-order valence-electron chi connectivity index (χ2n) is 9.40. The minimum atomic E-state index is -0.504. The van der Waals surface area contributed by atoms with E-state index >= 15 is 0 Å². The van der Waals surface area contributed by atoms with Gasteiger partial charge in [0.1, 0.15) is 6.10 Å². The number of aryl methyl sites for hydroxylation is 1. The number of benzene rings is 1. The van der Waals surface area contributed by atoms with Crippen LogP contribution in [0.2, 0.25) is 0 Å². The van der Waals surface area contributed by atoms with E-state index in [4.69, 9.17) is 9.47 Å². The Kier molecular flexibility index (Phi) is 7.84. The van der Waals surface area contributed by atoms with Crippen LogP contribution in [-0.2, 0) is 25.5 Å². The van der Waals surface area contributed by atoms with Gasteiger partial charge in [0.2, 0.25) is 0 Å². The second-order valence-corrected chi connectivity index (χ2v) is 9.40. The molecule has 4 heteroatoms. The highest BCUT2D eigenvalue weighted by Crippen LogP contribution is 2.36. The van der Waals surface area contributed by atoms with Gasteiger partial charge in [-0.2, -0.15) is 0 Å². The second kappa shape index (κ2) is 9.25. The smallest absolute Gasteiger partial charge is 0.341 e. The molecule has 4 nitrogen and oxygen atoms in total. The number of carbonyl (C=O) groups is 2. The van der Waals surface area contributed by atoms with Crippen molar-refractivity contribution in [3.63, 3.8) is 0 Å². The molecular formula is C24H34O4. The van der Waals surface area contributed by atoms with Crippen LogP contribution in [0.15, 0.2) is 41.1 Å². The van der Waals surface area contributed by atoms with Crippen molar-refractivity contribution in [1.29, 1.82) is 0 Å². The highest BCUT2D eigenvalue weighted by atomic mass is 16.5. The standard InChI is InChI=1S/C24H34O4/c1-16-10-12-18(13-11-16)15-19(21(26)27-9)14-17(2)20(25)28-22(23(3,4)5)24(6,7)8/h10-13,22H,15H2,1-9H3. The SMILES string of the molecule is COC(=O)C(=C=C(C)C(=O)OC(C(C)(C)C)C(C)(C)C)Cc1ccc(C)cc1. The molecule has 0 amide bonds. The maximum absolute atomic E-state index is 12.7. The van der Waals surface area contributed by atoms with Gasteiger partial charge in [-0.25, -0.2) is 9.59 Å². The van der Waals surface area contributed by atoms with Crippen molar-refractivity contribution in [2.24, 2.45) is 10.8 Å². The molecule has 0 spiro atoms. The lowest BCUT2D eigenvalue weighted by Crippen LogP contribution is -2.42. The molecule has 0 aromatic heterocycles. The third kappa shape index (κ3) is 7.01. The Balaban J connectivity index is 3.22. The quantitative estimate of drug-likeness (QED) is 0.397. The first-order valence-corrected chi connectivity index (χ1v) is 9.57. The van der Waals surface area contributed by atoms with Crippen LogP contribution < -0.4 is 0 Å². The molecule has 0 aliphatic carbocycles. The molecular weight excluding hydrogens is 352 g/mol. The fourth-order valence-corrected chi connectivity index (χ4v) is 3.33. The van der Waals surface area contributed by atoms with E-state index in [1.165, 1.54) is 7.11 Å². The van der Waals surface area contributed by atoms with Crippen molar-refractivity contribution < 1.29 is 19.1 Å². The first-order chi connectivity index (χ1) is 12.8. The van der Waals surface area contributed by atoms with Crippen molar-refractivity contribution in [3.05, 3.63) is 52.3 Å². The summed E-state index contributed by atoms with van der Waals surface area (Å²) in [5.41, 5.74) is 5.12. The molecule has 0 N–H and O–H groups in total. The monoisotopic (exact) mass is 386 g/mol. The summed E-state index contributed by atoms with van der Waals surface area (Å²) in [4.78, 5) is 24.9. The first kappa shape index (κ1) is 23.7. The van der Waals surface area contributed by atoms with Crippen LogP contribution in [0.3, 0.4) is 0 Å². The average molecular weight is 387 g/mol. The molecule has 0 aliphatic heterocycles. The van der Waals surface area contributed by atoms with Crippen LogP contribution in [0.5, 0.6) is 0 Å². The molecule has 0 saturated heterocycles. The third-order valence-electron chi connectivity index (χ3n) is 4.38. The van der Waals surface area contributed by atoms with Gasteiger partial charge in [0.05, 0.1) is 18.3 Å². The van der Waals surface area contributed by atoms with E-state index in [0.29, 0.717) is 12.0 Å². The van der Waals surface area contributed by atoms with Crippen LogP contribution in [0.1, 0.15) is 59.6 Å². The van der Waals surface area contributed by atoms with Crippen LogP contribution in [0.4, 0.5) is 0 Å². The largest absolute Gasteiger partial charge is 0.465 e. The van der Waals surface area contributed by atoms with Crippen LogP contribution in [0, 0.1) is 17.8 Å². The van der Waals surface area contributed by atoms with Crippen LogP contribution >= 0.6 is 0 Å². The zero-order chi connectivity index (χ0) is 21.7. The summed E-state index contributed by atoms with van der Waals surface area (Å²) < 4.78 is 10.7. The summed E-state index contributed by atoms with van der Waals surface area (Å²) in [5, 5.41) is 0. The number of methoxy groups -OCH3 is 1. The van der Waals surface area contributed by atoms with Gasteiger partial charge in [-0.05, 0) is 30.2 Å². The summed E-state index contributed by atoms with van der Waals surface area (Å²) in [6.07, 6.45) is 0.0439. The molecule has 1 rings (SSSR count). The topological polar surface area (TPSA) is 52.6 Å². The Bertz CT molecular complexity index is 750. The molecule has 1 aromatic carbocycles. The van der Waals surface area contributed by atoms with Crippen molar-refractivity contribution in [3.8, 4) is 0 Å². The Morgan fingerprint density at radius 3 is 1.89 bits per heavy atom. The molecule has 0 unspecified atom stereocenters. The normalized spacial score (nSPS) is 11.6. The summed E-state index contributed by atoms with van der Waals surface area (Å²) in [5.74, 6) is -0.976. The molecule has 0 aliphatic rings. The molecule has 154 valence electrons. The molecule has 0 atom stereocenters. The van der Waals surface area contributed by atoms with Gasteiger partial charge in [0.25, 0.3) is 0 Å². The highest BCUT2D eigenvalue weighted by Gasteiger charge is 2.38. The number of carbonyl (C=O) groups excluding carboxylic acids is 2. The van der Waals surface area contributed by atoms with E-state index in [1.807, 2.05) is 72.7 Å². The van der Waals surface area contributed by atoms with Crippen molar-refractivity contribution in [2.75, 3.05) is 7.11 Å². The summed E-state index contributed by atoms with van der Waals surface area (Å²) in [6.45, 7) is 15.9. The maximum Gasteiger partial charge on any atom is 0.341 e. The average Bonchev–Trinajstić information content (AvgIpc) is 2.57. The minimum Gasteiger partial charge on any atom is -0.465 e. The van der Waals surface area contributed by atoms with Crippen LogP contribution in [0.25, 0.3) is 0 Å². The van der Waals surface area contributed by atoms with Crippen molar-refractivity contribution >= 4 is 11.9 Å². The summed E-state index contributed by atoms with van der Waals surface area (Å²) in [7, 11) is 1.32. The third-order valence-corrected chi connectivity index (χ3v) is 4.38. The van der Waals surface area contributed by atoms with Gasteiger partial charge in [-0.15, -0.1) is 0 Å². The number of hydrogen-bond donors (Lipinski definition) is 0. The zero-order valence-corrected chi connectivity index (χ0v) is 18.7. The lowest BCUT2D eigenvalue weighted by molar-refractivity contribution is -0.158. The molecule has 0 radical (unpaired) electrons. The Hall–Kier alpha value is -2.32. The zero-order valence-electron chi connectivity index (χ0n) is 18.7. The van der Waals surface area contributed by atoms with Gasteiger partial charge < -0.3 is 9.47 Å².